The lowest BCUT2D eigenvalue weighted by molar-refractivity contribution is -0.921. The van der Waals surface area contributed by atoms with Gasteiger partial charge >= 0.3 is 0 Å². The molecule has 0 spiro atoms. The summed E-state index contributed by atoms with van der Waals surface area (Å²) in [5, 5.41) is 10.6. The Morgan fingerprint density at radius 1 is 1.25 bits per heavy atom. The summed E-state index contributed by atoms with van der Waals surface area (Å²) in [6.07, 6.45) is 1.58. The highest BCUT2D eigenvalue weighted by Crippen LogP contribution is 2.11. The van der Waals surface area contributed by atoms with Crippen LogP contribution in [0, 0.1) is 5.92 Å². The minimum Gasteiger partial charge on any atom is -0.545 e. The average Bonchev–Trinajstić information content (AvgIpc) is 2.46. The molecule has 0 saturated carbocycles. The summed E-state index contributed by atoms with van der Waals surface area (Å²) in [5.74, 6) is -0.806. The Kier molecular flexibility index (Phi) is 4.57. The van der Waals surface area contributed by atoms with E-state index >= 15 is 0 Å². The topological polar surface area (TPSA) is 96.9 Å². The van der Waals surface area contributed by atoms with Gasteiger partial charge in [-0.1, -0.05) is 0 Å². The lowest BCUT2D eigenvalue weighted by Crippen LogP contribution is -3.13. The van der Waals surface area contributed by atoms with Gasteiger partial charge in [0.15, 0.2) is 0 Å². The normalized spacial score (nSPS) is 22.2. The Balaban J connectivity index is 1.78. The third-order valence-corrected chi connectivity index (χ3v) is 3.63. The van der Waals surface area contributed by atoms with Gasteiger partial charge in [-0.15, -0.1) is 0 Å². The molecule has 0 aliphatic carbocycles. The molecule has 0 radical (unpaired) electrons. The number of carbonyl (C=O) groups is 2. The predicted molar refractivity (Wildman–Crippen MR) is 68.9 cm³/mol. The molecule has 20 heavy (non-hydrogen) atoms. The molecule has 0 atom stereocenters. The second-order valence-corrected chi connectivity index (χ2v) is 5.03. The minimum atomic E-state index is -1.20. The summed E-state index contributed by atoms with van der Waals surface area (Å²) in [7, 11) is 0. The average molecular weight is 278 g/mol. The van der Waals surface area contributed by atoms with E-state index in [1.165, 1.54) is 17.0 Å². The van der Waals surface area contributed by atoms with Crippen molar-refractivity contribution in [2.75, 3.05) is 19.8 Å². The molecule has 108 valence electrons. The first-order valence-electron chi connectivity index (χ1n) is 6.63. The third-order valence-electron chi connectivity index (χ3n) is 3.63. The van der Waals surface area contributed by atoms with Gasteiger partial charge in [-0.05, 0) is 29.8 Å². The number of hydrogen-bond acceptors (Lipinski definition) is 4. The minimum absolute atomic E-state index is 0.0129. The number of ether oxygens (including phenoxy) is 1. The van der Waals surface area contributed by atoms with Gasteiger partial charge in [-0.2, -0.15) is 0 Å². The maximum absolute atomic E-state index is 11.1. The molecule has 6 heteroatoms. The van der Waals surface area contributed by atoms with Gasteiger partial charge in [0, 0.05) is 18.8 Å². The summed E-state index contributed by atoms with van der Waals surface area (Å²) < 4.78 is 5.61. The van der Waals surface area contributed by atoms with Crippen LogP contribution in [0.3, 0.4) is 0 Å². The zero-order chi connectivity index (χ0) is 14.5. The Bertz CT molecular complexity index is 478. The van der Waals surface area contributed by atoms with Crippen LogP contribution in [0.5, 0.6) is 5.75 Å². The molecule has 1 saturated heterocycles. The first kappa shape index (κ1) is 14.3. The molecule has 1 aromatic carbocycles. The SMILES string of the molecule is NC(=O)C1CC[NH+](COc2ccc(C(=O)[O-])cc2)CC1. The van der Waals surface area contributed by atoms with Gasteiger partial charge in [0.1, 0.15) is 5.75 Å². The molecule has 1 amide bonds. The molecular formula is C14H18N2O4. The number of nitrogens with one attached hydrogen (secondary N) is 1. The fraction of sp³-hybridized carbons (Fsp3) is 0.429. The van der Waals surface area contributed by atoms with Crippen LogP contribution in [-0.4, -0.2) is 31.7 Å². The molecule has 1 fully saturated rings. The van der Waals surface area contributed by atoms with E-state index < -0.39 is 5.97 Å². The highest BCUT2D eigenvalue weighted by molar-refractivity contribution is 5.85. The standard InChI is InChI=1S/C14H18N2O4/c15-13(17)10-5-7-16(8-6-10)9-20-12-3-1-11(2-4-12)14(18)19/h1-4,10H,5-9H2,(H2,15,17)(H,18,19). The van der Waals surface area contributed by atoms with Crippen LogP contribution in [0.25, 0.3) is 0 Å². The van der Waals surface area contributed by atoms with E-state index in [4.69, 9.17) is 10.5 Å². The Hall–Kier alpha value is -2.08. The smallest absolute Gasteiger partial charge is 0.222 e. The zero-order valence-corrected chi connectivity index (χ0v) is 11.1. The van der Waals surface area contributed by atoms with E-state index in [2.05, 4.69) is 0 Å². The second kappa shape index (κ2) is 6.38. The molecule has 1 aliphatic rings. The number of primary amides is 1. The largest absolute Gasteiger partial charge is 0.545 e. The number of carboxylic acids is 1. The molecule has 6 nitrogen and oxygen atoms in total. The van der Waals surface area contributed by atoms with Crippen molar-refractivity contribution in [1.29, 1.82) is 0 Å². The van der Waals surface area contributed by atoms with Gasteiger partial charge in [0.2, 0.25) is 12.6 Å². The van der Waals surface area contributed by atoms with E-state index in [1.807, 2.05) is 0 Å². The number of rotatable bonds is 5. The number of carboxylic acid groups (broad SMARTS) is 1. The summed E-state index contributed by atoms with van der Waals surface area (Å²) in [5.41, 5.74) is 5.42. The summed E-state index contributed by atoms with van der Waals surface area (Å²) >= 11 is 0. The van der Waals surface area contributed by atoms with Crippen molar-refractivity contribution in [2.24, 2.45) is 11.7 Å². The van der Waals surface area contributed by atoms with Crippen molar-refractivity contribution in [2.45, 2.75) is 12.8 Å². The lowest BCUT2D eigenvalue weighted by Gasteiger charge is -2.27. The van der Waals surface area contributed by atoms with Crippen molar-refractivity contribution in [1.82, 2.24) is 0 Å². The predicted octanol–water partition coefficient (Wildman–Crippen LogP) is -1.83. The fourth-order valence-electron chi connectivity index (χ4n) is 2.33. The number of amides is 1. The molecule has 0 aromatic heterocycles. The van der Waals surface area contributed by atoms with Crippen LogP contribution in [0.1, 0.15) is 23.2 Å². The Labute approximate surface area is 117 Å². The first-order chi connectivity index (χ1) is 9.56. The van der Waals surface area contributed by atoms with Crippen molar-refractivity contribution in [3.63, 3.8) is 0 Å². The first-order valence-corrected chi connectivity index (χ1v) is 6.63. The van der Waals surface area contributed by atoms with Gasteiger partial charge < -0.3 is 25.3 Å². The third kappa shape index (κ3) is 3.71. The molecule has 0 unspecified atom stereocenters. The van der Waals surface area contributed by atoms with Gasteiger partial charge in [0.25, 0.3) is 0 Å². The molecule has 2 rings (SSSR count). The number of nitrogens with two attached hydrogens (primary N) is 1. The monoisotopic (exact) mass is 278 g/mol. The number of likely N-dealkylation sites (tertiary alicyclic amines) is 1. The molecular weight excluding hydrogens is 260 g/mol. The quantitative estimate of drug-likeness (QED) is 0.662. The van der Waals surface area contributed by atoms with Crippen molar-refractivity contribution in [3.05, 3.63) is 29.8 Å². The maximum Gasteiger partial charge on any atom is 0.222 e. The summed E-state index contributed by atoms with van der Waals surface area (Å²) in [4.78, 5) is 22.9. The van der Waals surface area contributed by atoms with E-state index in [0.717, 1.165) is 25.9 Å². The highest BCUT2D eigenvalue weighted by atomic mass is 16.5. The molecule has 1 heterocycles. The van der Waals surface area contributed by atoms with Gasteiger partial charge in [0.05, 0.1) is 19.1 Å². The number of hydrogen-bond donors (Lipinski definition) is 2. The second-order valence-electron chi connectivity index (χ2n) is 5.03. The van der Waals surface area contributed by atoms with Crippen LogP contribution >= 0.6 is 0 Å². The van der Waals surface area contributed by atoms with Crippen LogP contribution in [0.2, 0.25) is 0 Å². The molecule has 0 bridgehead atoms. The molecule has 1 aromatic rings. The van der Waals surface area contributed by atoms with Gasteiger partial charge in [-0.3, -0.25) is 4.79 Å². The van der Waals surface area contributed by atoms with E-state index in [9.17, 15) is 14.7 Å². The van der Waals surface area contributed by atoms with E-state index in [-0.39, 0.29) is 17.4 Å². The highest BCUT2D eigenvalue weighted by Gasteiger charge is 2.25. The number of aromatic carboxylic acids is 1. The van der Waals surface area contributed by atoms with Crippen molar-refractivity contribution >= 4 is 11.9 Å². The number of quaternary nitrogens is 1. The zero-order valence-electron chi connectivity index (χ0n) is 11.1. The van der Waals surface area contributed by atoms with Crippen molar-refractivity contribution in [3.8, 4) is 5.75 Å². The van der Waals surface area contributed by atoms with Crippen molar-refractivity contribution < 1.29 is 24.3 Å². The Morgan fingerprint density at radius 3 is 2.35 bits per heavy atom. The number of piperidine rings is 1. The fourth-order valence-corrected chi connectivity index (χ4v) is 2.33. The summed E-state index contributed by atoms with van der Waals surface area (Å²) in [6, 6.07) is 6.14. The van der Waals surface area contributed by atoms with E-state index in [0.29, 0.717) is 12.5 Å². The van der Waals surface area contributed by atoms with Crippen LogP contribution in [-0.2, 0) is 4.79 Å². The number of benzene rings is 1. The summed E-state index contributed by atoms with van der Waals surface area (Å²) in [6.45, 7) is 2.20. The Morgan fingerprint density at radius 2 is 1.85 bits per heavy atom. The van der Waals surface area contributed by atoms with Gasteiger partial charge in [-0.25, -0.2) is 0 Å². The molecule has 1 aliphatic heterocycles. The number of carbonyl (C=O) groups excluding carboxylic acids is 2. The van der Waals surface area contributed by atoms with Crippen LogP contribution < -0.4 is 20.5 Å². The van der Waals surface area contributed by atoms with Crippen LogP contribution in [0.15, 0.2) is 24.3 Å². The van der Waals surface area contributed by atoms with Crippen LogP contribution in [0.4, 0.5) is 0 Å². The van der Waals surface area contributed by atoms with E-state index in [1.54, 1.807) is 12.1 Å². The molecule has 3 N–H and O–H groups in total. The maximum atomic E-state index is 11.1. The lowest BCUT2D eigenvalue weighted by atomic mass is 9.97.